The van der Waals surface area contributed by atoms with Gasteiger partial charge in [0.25, 0.3) is 0 Å². The SMILES string of the molecule is C=CCOc1ccc(C#Cc2ccc(C3CCC4CC(OCC)CCC4C3)c(F)c2F)c(F)c1F. The van der Waals surface area contributed by atoms with Crippen molar-refractivity contribution >= 4 is 0 Å². The van der Waals surface area contributed by atoms with Crippen LogP contribution in [0, 0.1) is 46.9 Å². The Bertz CT molecular complexity index is 1130. The van der Waals surface area contributed by atoms with Crippen LogP contribution >= 0.6 is 0 Å². The summed E-state index contributed by atoms with van der Waals surface area (Å²) in [6.07, 6.45) is 7.49. The molecule has 4 atom stereocenters. The molecule has 0 aromatic heterocycles. The summed E-state index contributed by atoms with van der Waals surface area (Å²) in [5.41, 5.74) is -0.0818. The third-order valence-corrected chi connectivity index (χ3v) is 7.25. The molecular weight excluding hydrogens is 456 g/mol. The van der Waals surface area contributed by atoms with Gasteiger partial charge >= 0.3 is 0 Å². The zero-order valence-corrected chi connectivity index (χ0v) is 19.9. The molecule has 0 bridgehead atoms. The molecule has 35 heavy (non-hydrogen) atoms. The van der Waals surface area contributed by atoms with E-state index in [4.69, 9.17) is 9.47 Å². The van der Waals surface area contributed by atoms with Gasteiger partial charge in [0.15, 0.2) is 23.2 Å². The number of hydrogen-bond acceptors (Lipinski definition) is 2. The minimum Gasteiger partial charge on any atom is -0.486 e. The Hall–Kier alpha value is -2.78. The minimum atomic E-state index is -1.20. The number of rotatable bonds is 6. The van der Waals surface area contributed by atoms with Gasteiger partial charge in [0.05, 0.1) is 17.2 Å². The average molecular weight is 487 g/mol. The third kappa shape index (κ3) is 5.56. The normalized spacial score (nSPS) is 23.7. The largest absolute Gasteiger partial charge is 0.486 e. The highest BCUT2D eigenvalue weighted by atomic mass is 19.2. The molecule has 4 unspecified atom stereocenters. The lowest BCUT2D eigenvalue weighted by molar-refractivity contribution is -0.00970. The summed E-state index contributed by atoms with van der Waals surface area (Å²) in [5.74, 6) is 1.30. The summed E-state index contributed by atoms with van der Waals surface area (Å²) in [6.45, 7) is 6.21. The van der Waals surface area contributed by atoms with Crippen LogP contribution in [0.3, 0.4) is 0 Å². The van der Waals surface area contributed by atoms with Gasteiger partial charge < -0.3 is 9.47 Å². The Labute approximate surface area is 204 Å². The standard InChI is InChI=1S/C29H30F4O2/c1-3-15-35-25-14-11-19(27(31)29(25)33)6-5-18-10-13-24(28(32)26(18)30)22-8-7-21-17-23(34-4-2)12-9-20(21)16-22/h3,10-11,13-14,20-23H,1,4,7-9,12,15-17H2,2H3. The van der Waals surface area contributed by atoms with Crippen molar-refractivity contribution in [1.82, 2.24) is 0 Å². The van der Waals surface area contributed by atoms with Gasteiger partial charge in [0.2, 0.25) is 5.82 Å². The fourth-order valence-corrected chi connectivity index (χ4v) is 5.51. The van der Waals surface area contributed by atoms with Crippen LogP contribution < -0.4 is 4.74 Å². The highest BCUT2D eigenvalue weighted by Gasteiger charge is 2.37. The van der Waals surface area contributed by atoms with Gasteiger partial charge in [-0.15, -0.1) is 0 Å². The highest BCUT2D eigenvalue weighted by molar-refractivity contribution is 5.47. The van der Waals surface area contributed by atoms with E-state index in [-0.39, 0.29) is 29.4 Å². The van der Waals surface area contributed by atoms with E-state index < -0.39 is 23.3 Å². The molecule has 186 valence electrons. The van der Waals surface area contributed by atoms with Crippen molar-refractivity contribution in [1.29, 1.82) is 0 Å². The lowest BCUT2D eigenvalue weighted by Gasteiger charge is -2.42. The average Bonchev–Trinajstić information content (AvgIpc) is 2.86. The van der Waals surface area contributed by atoms with E-state index in [0.717, 1.165) is 45.1 Å². The molecule has 2 saturated carbocycles. The van der Waals surface area contributed by atoms with E-state index in [1.54, 1.807) is 6.07 Å². The molecule has 2 fully saturated rings. The van der Waals surface area contributed by atoms with Gasteiger partial charge in [-0.3, -0.25) is 0 Å². The molecule has 2 aromatic rings. The summed E-state index contributed by atoms with van der Waals surface area (Å²) in [5, 5.41) is 0. The van der Waals surface area contributed by atoms with Crippen LogP contribution in [0.4, 0.5) is 17.6 Å². The highest BCUT2D eigenvalue weighted by Crippen LogP contribution is 2.47. The molecule has 0 heterocycles. The third-order valence-electron chi connectivity index (χ3n) is 7.25. The summed E-state index contributed by atoms with van der Waals surface area (Å²) in [7, 11) is 0. The first kappa shape index (κ1) is 25.3. The number of fused-ring (bicyclic) bond motifs is 1. The molecule has 0 spiro atoms. The summed E-state index contributed by atoms with van der Waals surface area (Å²) >= 11 is 0. The lowest BCUT2D eigenvalue weighted by Crippen LogP contribution is -2.34. The molecule has 2 nitrogen and oxygen atoms in total. The molecule has 2 aliphatic rings. The van der Waals surface area contributed by atoms with Gasteiger partial charge in [0, 0.05) is 6.61 Å². The Kier molecular flexibility index (Phi) is 8.18. The smallest absolute Gasteiger partial charge is 0.201 e. The molecule has 0 aliphatic heterocycles. The first-order valence-electron chi connectivity index (χ1n) is 12.3. The number of ether oxygens (including phenoxy) is 2. The van der Waals surface area contributed by atoms with Crippen LogP contribution in [0.25, 0.3) is 0 Å². The second-order valence-electron chi connectivity index (χ2n) is 9.34. The van der Waals surface area contributed by atoms with E-state index in [0.29, 0.717) is 23.5 Å². The van der Waals surface area contributed by atoms with Crippen LogP contribution in [-0.2, 0) is 4.74 Å². The Morgan fingerprint density at radius 3 is 2.23 bits per heavy atom. The zero-order valence-electron chi connectivity index (χ0n) is 19.9. The molecule has 2 aromatic carbocycles. The molecule has 2 aliphatic carbocycles. The summed E-state index contributed by atoms with van der Waals surface area (Å²) in [6, 6.07) is 5.49. The number of hydrogen-bond donors (Lipinski definition) is 0. The van der Waals surface area contributed by atoms with E-state index in [9.17, 15) is 13.2 Å². The van der Waals surface area contributed by atoms with Crippen LogP contribution in [0.15, 0.2) is 36.9 Å². The Morgan fingerprint density at radius 1 is 0.857 bits per heavy atom. The quantitative estimate of drug-likeness (QED) is 0.242. The van der Waals surface area contributed by atoms with E-state index in [2.05, 4.69) is 18.4 Å². The van der Waals surface area contributed by atoms with E-state index in [1.807, 2.05) is 6.92 Å². The maximum Gasteiger partial charge on any atom is 0.201 e. The minimum absolute atomic E-state index is 0.0222. The molecule has 0 amide bonds. The molecule has 0 N–H and O–H groups in total. The van der Waals surface area contributed by atoms with E-state index >= 15 is 4.39 Å². The first-order valence-corrected chi connectivity index (χ1v) is 12.3. The molecule has 0 radical (unpaired) electrons. The molecule has 6 heteroatoms. The summed E-state index contributed by atoms with van der Waals surface area (Å²) < 4.78 is 69.3. The van der Waals surface area contributed by atoms with Gasteiger partial charge in [-0.1, -0.05) is 30.6 Å². The van der Waals surface area contributed by atoms with Gasteiger partial charge in [-0.25, -0.2) is 13.2 Å². The molecular formula is C29H30F4O2. The molecule has 4 rings (SSSR count). The van der Waals surface area contributed by atoms with E-state index in [1.165, 1.54) is 24.3 Å². The second-order valence-corrected chi connectivity index (χ2v) is 9.34. The van der Waals surface area contributed by atoms with Gasteiger partial charge in [0.1, 0.15) is 6.61 Å². The topological polar surface area (TPSA) is 18.5 Å². The fraction of sp³-hybridized carbons (Fsp3) is 0.448. The second kappa shape index (κ2) is 11.3. The van der Waals surface area contributed by atoms with Crippen molar-refractivity contribution in [3.63, 3.8) is 0 Å². The van der Waals surface area contributed by atoms with Crippen molar-refractivity contribution in [3.8, 4) is 17.6 Å². The zero-order chi connectivity index (χ0) is 24.9. The van der Waals surface area contributed by atoms with Gasteiger partial charge in [-0.05, 0) is 87.0 Å². The van der Waals surface area contributed by atoms with Gasteiger partial charge in [-0.2, -0.15) is 4.39 Å². The molecule has 0 saturated heterocycles. The predicted molar refractivity (Wildman–Crippen MR) is 127 cm³/mol. The van der Waals surface area contributed by atoms with Crippen molar-refractivity contribution in [3.05, 3.63) is 76.9 Å². The summed E-state index contributed by atoms with van der Waals surface area (Å²) in [4.78, 5) is 0. The Morgan fingerprint density at radius 2 is 1.51 bits per heavy atom. The van der Waals surface area contributed by atoms with Crippen molar-refractivity contribution in [2.45, 2.75) is 57.5 Å². The maximum atomic E-state index is 15.1. The number of halogens is 4. The Balaban J connectivity index is 1.49. The monoisotopic (exact) mass is 486 g/mol. The van der Waals surface area contributed by atoms with Crippen molar-refractivity contribution < 1.29 is 27.0 Å². The van der Waals surface area contributed by atoms with Crippen LogP contribution in [0.1, 0.15) is 68.1 Å². The van der Waals surface area contributed by atoms with Crippen LogP contribution in [0.2, 0.25) is 0 Å². The van der Waals surface area contributed by atoms with Crippen molar-refractivity contribution in [2.24, 2.45) is 11.8 Å². The van der Waals surface area contributed by atoms with Crippen LogP contribution in [0.5, 0.6) is 5.75 Å². The maximum absolute atomic E-state index is 15.1. The van der Waals surface area contributed by atoms with Crippen LogP contribution in [-0.4, -0.2) is 19.3 Å². The first-order chi connectivity index (χ1) is 16.9. The predicted octanol–water partition coefficient (Wildman–Crippen LogP) is 7.30. The fourth-order valence-electron chi connectivity index (χ4n) is 5.51. The number of benzene rings is 2. The van der Waals surface area contributed by atoms with Crippen molar-refractivity contribution in [2.75, 3.05) is 13.2 Å². The lowest BCUT2D eigenvalue weighted by atomic mass is 9.65.